The third kappa shape index (κ3) is 3.95. The normalized spacial score (nSPS) is 26.5. The van der Waals surface area contributed by atoms with Gasteiger partial charge in [0.15, 0.2) is 0 Å². The van der Waals surface area contributed by atoms with Gasteiger partial charge in [-0.2, -0.15) is 13.2 Å². The molecule has 3 fully saturated rings. The molecule has 0 unspecified atom stereocenters. The Hall–Kier alpha value is -1.47. The molecule has 3 rings (SSSR count). The van der Waals surface area contributed by atoms with Crippen molar-refractivity contribution < 1.29 is 22.8 Å². The molecule has 3 aliphatic rings. The maximum absolute atomic E-state index is 13.3. The minimum absolute atomic E-state index is 0.171. The van der Waals surface area contributed by atoms with Gasteiger partial charge in [0.05, 0.1) is 0 Å². The number of alkyl halides is 3. The van der Waals surface area contributed by atoms with Crippen LogP contribution in [-0.4, -0.2) is 47.7 Å². The van der Waals surface area contributed by atoms with E-state index in [-0.39, 0.29) is 11.9 Å². The van der Waals surface area contributed by atoms with Crippen LogP contribution in [-0.2, 0) is 4.79 Å². The number of rotatable bonds is 4. The minimum Gasteiger partial charge on any atom is -0.352 e. The van der Waals surface area contributed by atoms with Crippen molar-refractivity contribution in [1.82, 2.24) is 15.5 Å². The second kappa shape index (κ2) is 6.80. The first-order valence-electron chi connectivity index (χ1n) is 8.80. The van der Waals surface area contributed by atoms with E-state index in [0.29, 0.717) is 32.2 Å². The first-order valence-corrected chi connectivity index (χ1v) is 8.80. The largest absolute Gasteiger partial charge is 0.408 e. The molecule has 8 heteroatoms. The molecule has 3 amide bonds. The van der Waals surface area contributed by atoms with Crippen molar-refractivity contribution in [3.05, 3.63) is 0 Å². The monoisotopic (exact) mass is 347 g/mol. The molecule has 136 valence electrons. The Morgan fingerprint density at radius 1 is 1.00 bits per heavy atom. The topological polar surface area (TPSA) is 61.4 Å². The van der Waals surface area contributed by atoms with Crippen LogP contribution in [0.1, 0.15) is 51.4 Å². The van der Waals surface area contributed by atoms with Crippen LogP contribution in [0.3, 0.4) is 0 Å². The third-order valence-electron chi connectivity index (χ3n) is 5.24. The van der Waals surface area contributed by atoms with E-state index < -0.39 is 30.2 Å². The van der Waals surface area contributed by atoms with Gasteiger partial charge >= 0.3 is 12.2 Å². The number of hydrogen-bond donors (Lipinski definition) is 2. The number of carbonyl (C=O) groups is 2. The summed E-state index contributed by atoms with van der Waals surface area (Å²) < 4.78 is 40.0. The second-order valence-corrected chi connectivity index (χ2v) is 7.15. The second-order valence-electron chi connectivity index (χ2n) is 7.15. The van der Waals surface area contributed by atoms with E-state index in [1.165, 1.54) is 4.90 Å². The fraction of sp³-hybridized carbons (Fsp3) is 0.875. The van der Waals surface area contributed by atoms with Crippen molar-refractivity contribution in [3.8, 4) is 0 Å². The Labute approximate surface area is 139 Å². The van der Waals surface area contributed by atoms with Gasteiger partial charge in [0.1, 0.15) is 12.1 Å². The number of urea groups is 1. The molecule has 0 aromatic heterocycles. The van der Waals surface area contributed by atoms with E-state index in [0.717, 1.165) is 25.7 Å². The predicted molar refractivity (Wildman–Crippen MR) is 81.2 cm³/mol. The van der Waals surface area contributed by atoms with Gasteiger partial charge in [-0.25, -0.2) is 4.79 Å². The van der Waals surface area contributed by atoms with Gasteiger partial charge < -0.3 is 15.5 Å². The van der Waals surface area contributed by atoms with Crippen LogP contribution in [0.4, 0.5) is 18.0 Å². The van der Waals surface area contributed by atoms with Crippen LogP contribution in [0.25, 0.3) is 0 Å². The fourth-order valence-electron chi connectivity index (χ4n) is 3.78. The van der Waals surface area contributed by atoms with E-state index in [4.69, 9.17) is 0 Å². The van der Waals surface area contributed by atoms with Gasteiger partial charge in [0.2, 0.25) is 5.91 Å². The summed E-state index contributed by atoms with van der Waals surface area (Å²) in [6.45, 7) is 0.323. The van der Waals surface area contributed by atoms with E-state index in [1.807, 2.05) is 0 Å². The highest BCUT2D eigenvalue weighted by atomic mass is 19.4. The Morgan fingerprint density at radius 2 is 1.67 bits per heavy atom. The summed E-state index contributed by atoms with van der Waals surface area (Å²) in [7, 11) is 0. The van der Waals surface area contributed by atoms with E-state index >= 15 is 0 Å². The van der Waals surface area contributed by atoms with Gasteiger partial charge in [-0.3, -0.25) is 4.79 Å². The molecule has 2 saturated carbocycles. The van der Waals surface area contributed by atoms with Crippen molar-refractivity contribution in [2.45, 2.75) is 75.7 Å². The molecule has 5 nitrogen and oxygen atoms in total. The molecule has 0 aromatic rings. The number of halogens is 3. The lowest BCUT2D eigenvalue weighted by Crippen LogP contribution is -2.56. The Kier molecular flexibility index (Phi) is 4.92. The van der Waals surface area contributed by atoms with Crippen molar-refractivity contribution in [3.63, 3.8) is 0 Å². The van der Waals surface area contributed by atoms with Gasteiger partial charge in [-0.1, -0.05) is 12.8 Å². The highest BCUT2D eigenvalue weighted by Gasteiger charge is 2.47. The van der Waals surface area contributed by atoms with Crippen molar-refractivity contribution >= 4 is 11.9 Å². The Balaban J connectivity index is 1.63. The predicted octanol–water partition coefficient (Wildman–Crippen LogP) is 2.56. The summed E-state index contributed by atoms with van der Waals surface area (Å²) in [6.07, 6.45) is 1.04. The van der Waals surface area contributed by atoms with Crippen molar-refractivity contribution in [2.24, 2.45) is 5.92 Å². The summed E-state index contributed by atoms with van der Waals surface area (Å²) in [4.78, 5) is 25.9. The van der Waals surface area contributed by atoms with E-state index in [9.17, 15) is 22.8 Å². The van der Waals surface area contributed by atoms with Gasteiger partial charge in [0, 0.05) is 12.6 Å². The Morgan fingerprint density at radius 3 is 2.25 bits per heavy atom. The average Bonchev–Trinajstić information content (AvgIpc) is 3.02. The van der Waals surface area contributed by atoms with Crippen molar-refractivity contribution in [1.29, 1.82) is 0 Å². The third-order valence-corrected chi connectivity index (χ3v) is 5.24. The number of likely N-dealkylation sites (tertiary alicyclic amines) is 1. The average molecular weight is 347 g/mol. The van der Waals surface area contributed by atoms with Gasteiger partial charge in [0.25, 0.3) is 0 Å². The standard InChI is InChI=1S/C16H24F3N3O2/c17-16(18,19)13(10-4-1-2-5-10)21-15(24)22-9-3-6-12(22)14(23)20-11-7-8-11/h10-13H,1-9H2,(H,20,23)(H,21,24)/t12-,13-/m0/s1. The molecule has 1 aliphatic heterocycles. The number of amides is 3. The summed E-state index contributed by atoms with van der Waals surface area (Å²) in [5.74, 6) is -0.801. The van der Waals surface area contributed by atoms with Gasteiger partial charge in [-0.05, 0) is 44.4 Å². The molecule has 2 N–H and O–H groups in total. The summed E-state index contributed by atoms with van der Waals surface area (Å²) in [5.41, 5.74) is 0. The first kappa shape index (κ1) is 17.4. The lowest BCUT2D eigenvalue weighted by molar-refractivity contribution is -0.165. The quantitative estimate of drug-likeness (QED) is 0.821. The molecule has 2 aliphatic carbocycles. The maximum Gasteiger partial charge on any atom is 0.408 e. The van der Waals surface area contributed by atoms with Gasteiger partial charge in [-0.15, -0.1) is 0 Å². The molecular formula is C16H24F3N3O2. The molecular weight excluding hydrogens is 323 g/mol. The molecule has 0 bridgehead atoms. The maximum atomic E-state index is 13.3. The molecule has 24 heavy (non-hydrogen) atoms. The zero-order valence-corrected chi connectivity index (χ0v) is 13.6. The lowest BCUT2D eigenvalue weighted by Gasteiger charge is -2.31. The Bertz CT molecular complexity index is 487. The van der Waals surface area contributed by atoms with Crippen molar-refractivity contribution in [2.75, 3.05) is 6.54 Å². The zero-order valence-electron chi connectivity index (χ0n) is 13.6. The fourth-order valence-corrected chi connectivity index (χ4v) is 3.78. The summed E-state index contributed by atoms with van der Waals surface area (Å²) in [5, 5.41) is 5.01. The van der Waals surface area contributed by atoms with Crippen LogP contribution in [0.2, 0.25) is 0 Å². The molecule has 1 saturated heterocycles. The highest BCUT2D eigenvalue weighted by Crippen LogP contribution is 2.36. The minimum atomic E-state index is -4.46. The molecule has 0 spiro atoms. The number of carbonyl (C=O) groups excluding carboxylic acids is 2. The number of nitrogens with zero attached hydrogens (tertiary/aromatic N) is 1. The SMILES string of the molecule is O=C(NC1CC1)[C@@H]1CCCN1C(=O)N[C@@H](C1CCCC1)C(F)(F)F. The number of hydrogen-bond acceptors (Lipinski definition) is 2. The van der Waals surface area contributed by atoms with Crippen LogP contribution in [0.15, 0.2) is 0 Å². The van der Waals surface area contributed by atoms with E-state index in [1.54, 1.807) is 0 Å². The highest BCUT2D eigenvalue weighted by molar-refractivity contribution is 5.88. The molecule has 1 heterocycles. The summed E-state index contributed by atoms with van der Waals surface area (Å²) in [6, 6.07) is -3.06. The van der Waals surface area contributed by atoms with Crippen LogP contribution >= 0.6 is 0 Å². The van der Waals surface area contributed by atoms with Crippen LogP contribution in [0.5, 0.6) is 0 Å². The number of nitrogens with one attached hydrogen (secondary N) is 2. The lowest BCUT2D eigenvalue weighted by atomic mass is 9.98. The van der Waals surface area contributed by atoms with Crippen LogP contribution in [0, 0.1) is 5.92 Å². The summed E-state index contributed by atoms with van der Waals surface area (Å²) >= 11 is 0. The smallest absolute Gasteiger partial charge is 0.352 e. The van der Waals surface area contributed by atoms with Crippen LogP contribution < -0.4 is 10.6 Å². The molecule has 0 radical (unpaired) electrons. The molecule has 2 atom stereocenters. The molecule has 0 aromatic carbocycles. The first-order chi connectivity index (χ1) is 11.4. The zero-order chi connectivity index (χ0) is 17.3. The van der Waals surface area contributed by atoms with E-state index in [2.05, 4.69) is 10.6 Å².